The van der Waals surface area contributed by atoms with Crippen molar-refractivity contribution >= 4 is 21.6 Å². The molecule has 0 fully saturated rings. The fourth-order valence-corrected chi connectivity index (χ4v) is 2.87. The van der Waals surface area contributed by atoms with Gasteiger partial charge in [0.25, 0.3) is 0 Å². The predicted molar refractivity (Wildman–Crippen MR) is 93.3 cm³/mol. The third-order valence-corrected chi connectivity index (χ3v) is 4.65. The van der Waals surface area contributed by atoms with Crippen LogP contribution < -0.4 is 10.1 Å². The van der Waals surface area contributed by atoms with Crippen LogP contribution in [-0.2, 0) is 21.4 Å². The first-order valence-electron chi connectivity index (χ1n) is 7.42. The molecule has 0 heterocycles. The number of carbonyl (C=O) groups is 1. The number of anilines is 1. The van der Waals surface area contributed by atoms with Crippen molar-refractivity contribution in [2.24, 2.45) is 0 Å². The maximum atomic E-state index is 13.6. The number of nitrogens with one attached hydrogen (secondary N) is 1. The SMILES string of the molecule is COc1ccc(CN(CC(=O)Nc2ccccc2F)S(C)(=O)=O)cc1. The van der Waals surface area contributed by atoms with Gasteiger partial charge < -0.3 is 10.1 Å². The van der Waals surface area contributed by atoms with Crippen molar-refractivity contribution in [3.05, 3.63) is 59.9 Å². The molecule has 0 spiro atoms. The molecular weight excluding hydrogens is 347 g/mol. The molecule has 0 bridgehead atoms. The zero-order valence-electron chi connectivity index (χ0n) is 13.9. The summed E-state index contributed by atoms with van der Waals surface area (Å²) in [5, 5.41) is 2.38. The number of benzene rings is 2. The Kier molecular flexibility index (Phi) is 6.11. The molecule has 0 saturated heterocycles. The summed E-state index contributed by atoms with van der Waals surface area (Å²) in [6.07, 6.45) is 1.02. The molecule has 0 aliphatic rings. The molecule has 0 aromatic heterocycles. The summed E-state index contributed by atoms with van der Waals surface area (Å²) in [6, 6.07) is 12.5. The standard InChI is InChI=1S/C17H19FN2O4S/c1-24-14-9-7-13(8-10-14)11-20(25(2,22)23)12-17(21)19-16-6-4-3-5-15(16)18/h3-10H,11-12H2,1-2H3,(H,19,21). The Bertz CT molecular complexity index is 838. The summed E-state index contributed by atoms with van der Waals surface area (Å²) >= 11 is 0. The number of rotatable bonds is 7. The van der Waals surface area contributed by atoms with Gasteiger partial charge in [0.15, 0.2) is 0 Å². The van der Waals surface area contributed by atoms with Crippen molar-refractivity contribution in [3.8, 4) is 5.75 Å². The third-order valence-electron chi connectivity index (χ3n) is 3.45. The fourth-order valence-electron chi connectivity index (χ4n) is 2.14. The smallest absolute Gasteiger partial charge is 0.239 e. The summed E-state index contributed by atoms with van der Waals surface area (Å²) < 4.78 is 43.6. The lowest BCUT2D eigenvalue weighted by Crippen LogP contribution is -2.37. The molecule has 0 saturated carbocycles. The van der Waals surface area contributed by atoms with Gasteiger partial charge >= 0.3 is 0 Å². The zero-order valence-corrected chi connectivity index (χ0v) is 14.7. The Hall–Kier alpha value is -2.45. The summed E-state index contributed by atoms with van der Waals surface area (Å²) in [4.78, 5) is 12.1. The van der Waals surface area contributed by atoms with E-state index in [4.69, 9.17) is 4.74 Å². The maximum Gasteiger partial charge on any atom is 0.239 e. The summed E-state index contributed by atoms with van der Waals surface area (Å²) in [6.45, 7) is -0.396. The number of nitrogens with zero attached hydrogens (tertiary/aromatic N) is 1. The van der Waals surface area contributed by atoms with Gasteiger partial charge in [0.1, 0.15) is 11.6 Å². The van der Waals surface area contributed by atoms with Crippen LogP contribution in [0, 0.1) is 5.82 Å². The molecule has 134 valence electrons. The molecule has 0 radical (unpaired) electrons. The lowest BCUT2D eigenvalue weighted by atomic mass is 10.2. The zero-order chi connectivity index (χ0) is 18.4. The average molecular weight is 366 g/mol. The van der Waals surface area contributed by atoms with Crippen LogP contribution in [-0.4, -0.2) is 38.5 Å². The molecule has 0 aliphatic heterocycles. The number of sulfonamides is 1. The number of carbonyl (C=O) groups excluding carboxylic acids is 1. The first kappa shape index (κ1) is 18.9. The van der Waals surface area contributed by atoms with E-state index >= 15 is 0 Å². The third kappa shape index (κ3) is 5.54. The normalized spacial score (nSPS) is 11.4. The molecule has 2 aromatic rings. The van der Waals surface area contributed by atoms with Gasteiger partial charge in [-0.2, -0.15) is 4.31 Å². The molecule has 1 N–H and O–H groups in total. The highest BCUT2D eigenvalue weighted by Gasteiger charge is 2.21. The van der Waals surface area contributed by atoms with Crippen molar-refractivity contribution in [1.82, 2.24) is 4.31 Å². The lowest BCUT2D eigenvalue weighted by Gasteiger charge is -2.20. The topological polar surface area (TPSA) is 75.7 Å². The molecular formula is C17H19FN2O4S. The Balaban J connectivity index is 2.09. The summed E-state index contributed by atoms with van der Waals surface area (Å²) in [7, 11) is -2.10. The second-order valence-corrected chi connectivity index (χ2v) is 7.39. The number of amides is 1. The van der Waals surface area contributed by atoms with Crippen LogP contribution in [0.15, 0.2) is 48.5 Å². The van der Waals surface area contributed by atoms with Gasteiger partial charge in [-0.15, -0.1) is 0 Å². The number of halogens is 1. The predicted octanol–water partition coefficient (Wildman–Crippen LogP) is 2.23. The number of hydrogen-bond donors (Lipinski definition) is 1. The number of para-hydroxylation sites is 1. The average Bonchev–Trinajstić information content (AvgIpc) is 2.56. The van der Waals surface area contributed by atoms with Crippen LogP contribution >= 0.6 is 0 Å². The molecule has 8 heteroatoms. The minimum Gasteiger partial charge on any atom is -0.497 e. The van der Waals surface area contributed by atoms with Crippen molar-refractivity contribution in [1.29, 1.82) is 0 Å². The van der Waals surface area contributed by atoms with Gasteiger partial charge in [-0.05, 0) is 29.8 Å². The Morgan fingerprint density at radius 2 is 1.80 bits per heavy atom. The molecule has 0 unspecified atom stereocenters. The van der Waals surface area contributed by atoms with Gasteiger partial charge in [-0.25, -0.2) is 12.8 Å². The quantitative estimate of drug-likeness (QED) is 0.815. The Labute approximate surface area is 146 Å². The summed E-state index contributed by atoms with van der Waals surface area (Å²) in [5.41, 5.74) is 0.704. The minimum atomic E-state index is -3.63. The first-order valence-corrected chi connectivity index (χ1v) is 9.27. The molecule has 2 rings (SSSR count). The van der Waals surface area contributed by atoms with Crippen molar-refractivity contribution in [2.45, 2.75) is 6.54 Å². The van der Waals surface area contributed by atoms with Crippen molar-refractivity contribution in [2.75, 3.05) is 25.2 Å². The highest BCUT2D eigenvalue weighted by Crippen LogP contribution is 2.16. The van der Waals surface area contributed by atoms with Crippen LogP contribution in [0.2, 0.25) is 0 Å². The van der Waals surface area contributed by atoms with Crippen LogP contribution in [0.4, 0.5) is 10.1 Å². The van der Waals surface area contributed by atoms with E-state index < -0.39 is 28.3 Å². The molecule has 6 nitrogen and oxygen atoms in total. The number of methoxy groups -OCH3 is 1. The molecule has 0 atom stereocenters. The Morgan fingerprint density at radius 3 is 2.36 bits per heavy atom. The monoisotopic (exact) mass is 366 g/mol. The van der Waals surface area contributed by atoms with Crippen LogP contribution in [0.5, 0.6) is 5.75 Å². The van der Waals surface area contributed by atoms with E-state index in [9.17, 15) is 17.6 Å². The van der Waals surface area contributed by atoms with E-state index in [0.717, 1.165) is 10.6 Å². The van der Waals surface area contributed by atoms with E-state index in [1.807, 2.05) is 0 Å². The van der Waals surface area contributed by atoms with Crippen LogP contribution in [0.1, 0.15) is 5.56 Å². The van der Waals surface area contributed by atoms with Gasteiger partial charge in [-0.3, -0.25) is 4.79 Å². The highest BCUT2D eigenvalue weighted by atomic mass is 32.2. The first-order chi connectivity index (χ1) is 11.8. The largest absolute Gasteiger partial charge is 0.497 e. The second-order valence-electron chi connectivity index (χ2n) is 5.41. The fraction of sp³-hybridized carbons (Fsp3) is 0.235. The van der Waals surface area contributed by atoms with E-state index in [1.54, 1.807) is 30.3 Å². The van der Waals surface area contributed by atoms with E-state index in [1.165, 1.54) is 25.3 Å². The number of ether oxygens (including phenoxy) is 1. The number of hydrogen-bond acceptors (Lipinski definition) is 4. The summed E-state index contributed by atoms with van der Waals surface area (Å²) in [5.74, 6) is -0.562. The van der Waals surface area contributed by atoms with Gasteiger partial charge in [0, 0.05) is 6.54 Å². The van der Waals surface area contributed by atoms with Crippen LogP contribution in [0.3, 0.4) is 0 Å². The molecule has 2 aromatic carbocycles. The second kappa shape index (κ2) is 8.09. The lowest BCUT2D eigenvalue weighted by molar-refractivity contribution is -0.116. The van der Waals surface area contributed by atoms with E-state index in [-0.39, 0.29) is 12.2 Å². The van der Waals surface area contributed by atoms with E-state index in [0.29, 0.717) is 11.3 Å². The molecule has 1 amide bonds. The van der Waals surface area contributed by atoms with Crippen molar-refractivity contribution < 1.29 is 22.3 Å². The van der Waals surface area contributed by atoms with Crippen LogP contribution in [0.25, 0.3) is 0 Å². The van der Waals surface area contributed by atoms with Crippen molar-refractivity contribution in [3.63, 3.8) is 0 Å². The van der Waals surface area contributed by atoms with Gasteiger partial charge in [-0.1, -0.05) is 24.3 Å². The molecule has 25 heavy (non-hydrogen) atoms. The van der Waals surface area contributed by atoms with Gasteiger partial charge in [0.2, 0.25) is 15.9 Å². The Morgan fingerprint density at radius 1 is 1.16 bits per heavy atom. The molecule has 0 aliphatic carbocycles. The van der Waals surface area contributed by atoms with Gasteiger partial charge in [0.05, 0.1) is 25.6 Å². The van der Waals surface area contributed by atoms with E-state index in [2.05, 4.69) is 5.32 Å². The maximum absolute atomic E-state index is 13.6. The minimum absolute atomic E-state index is 0.00500. The highest BCUT2D eigenvalue weighted by molar-refractivity contribution is 7.88.